The summed E-state index contributed by atoms with van der Waals surface area (Å²) in [7, 11) is 0. The summed E-state index contributed by atoms with van der Waals surface area (Å²) in [6.45, 7) is 12.0. The highest BCUT2D eigenvalue weighted by molar-refractivity contribution is 6.09. The molecule has 2 saturated heterocycles. The Labute approximate surface area is 316 Å². The summed E-state index contributed by atoms with van der Waals surface area (Å²) in [4.78, 5) is 56.7. The topological polar surface area (TPSA) is 116 Å². The summed E-state index contributed by atoms with van der Waals surface area (Å²) in [5, 5.41) is 6.04. The molecule has 284 valence electrons. The van der Waals surface area contributed by atoms with Gasteiger partial charge in [-0.05, 0) is 108 Å². The number of hydrogen-bond acceptors (Lipinski definition) is 7. The van der Waals surface area contributed by atoms with Gasteiger partial charge < -0.3 is 29.9 Å². The molecule has 3 aliphatic heterocycles. The van der Waals surface area contributed by atoms with Crippen LogP contribution < -0.4 is 15.5 Å². The molecule has 2 N–H and O–H groups in total. The maximum atomic E-state index is 15.5. The number of pyridine rings is 1. The van der Waals surface area contributed by atoms with Crippen LogP contribution in [0.2, 0.25) is 0 Å². The monoisotopic (exact) mass is 734 g/mol. The Morgan fingerprint density at radius 1 is 0.963 bits per heavy atom. The van der Waals surface area contributed by atoms with Gasteiger partial charge in [-0.3, -0.25) is 14.4 Å². The van der Waals surface area contributed by atoms with Crippen LogP contribution in [0.5, 0.6) is 0 Å². The number of benzene rings is 2. The summed E-state index contributed by atoms with van der Waals surface area (Å²) in [6.07, 6.45) is 9.11. The fourth-order valence-electron chi connectivity index (χ4n) is 9.28. The van der Waals surface area contributed by atoms with Crippen LogP contribution in [0.3, 0.4) is 0 Å². The number of hydrogen-bond donors (Lipinski definition) is 2. The fraction of sp³-hybridized carbons (Fsp3) is 0.500. The smallest absolute Gasteiger partial charge is 0.251 e. The number of nitrogens with one attached hydrogen (secondary N) is 2. The fourth-order valence-corrected chi connectivity index (χ4v) is 9.28. The minimum absolute atomic E-state index is 0.115. The Balaban J connectivity index is 1.18. The molecule has 12 heteroatoms. The number of imidazole rings is 1. The van der Waals surface area contributed by atoms with Crippen LogP contribution >= 0.6 is 0 Å². The number of carbonyl (C=O) groups is 3. The zero-order valence-electron chi connectivity index (χ0n) is 31.9. The van der Waals surface area contributed by atoms with Crippen LogP contribution in [0, 0.1) is 12.7 Å². The van der Waals surface area contributed by atoms with E-state index in [0.29, 0.717) is 79.6 Å². The van der Waals surface area contributed by atoms with Gasteiger partial charge in [0.25, 0.3) is 5.91 Å². The van der Waals surface area contributed by atoms with Gasteiger partial charge >= 0.3 is 0 Å². The van der Waals surface area contributed by atoms with Crippen molar-refractivity contribution in [2.45, 2.75) is 103 Å². The Bertz CT molecular complexity index is 2110. The number of fused-ring (bicyclic) bond motifs is 3. The number of anilines is 3. The first-order chi connectivity index (χ1) is 26.1. The zero-order chi connectivity index (χ0) is 37.7. The van der Waals surface area contributed by atoms with E-state index in [1.807, 2.05) is 42.4 Å². The van der Waals surface area contributed by atoms with E-state index >= 15 is 4.39 Å². The molecule has 0 bridgehead atoms. The molecule has 1 spiro atoms. The van der Waals surface area contributed by atoms with Gasteiger partial charge in [-0.15, -0.1) is 0 Å². The molecule has 3 fully saturated rings. The summed E-state index contributed by atoms with van der Waals surface area (Å²) < 4.78 is 17.5. The van der Waals surface area contributed by atoms with E-state index in [0.717, 1.165) is 48.3 Å². The van der Waals surface area contributed by atoms with Crippen molar-refractivity contribution >= 4 is 45.9 Å². The molecular weight excluding hydrogens is 684 g/mol. The molecule has 54 heavy (non-hydrogen) atoms. The van der Waals surface area contributed by atoms with Crippen LogP contribution in [-0.4, -0.2) is 86.9 Å². The quantitative estimate of drug-likeness (QED) is 0.197. The van der Waals surface area contributed by atoms with Gasteiger partial charge in [0.15, 0.2) is 5.82 Å². The van der Waals surface area contributed by atoms with Crippen LogP contribution in [0.4, 0.5) is 21.6 Å². The highest BCUT2D eigenvalue weighted by Crippen LogP contribution is 2.52. The molecule has 1 aliphatic carbocycles. The highest BCUT2D eigenvalue weighted by atomic mass is 19.1. The van der Waals surface area contributed by atoms with Crippen LogP contribution in [-0.2, 0) is 21.5 Å². The van der Waals surface area contributed by atoms with Crippen molar-refractivity contribution in [1.29, 1.82) is 0 Å². The molecule has 11 nitrogen and oxygen atoms in total. The number of aryl methyl sites for hydroxylation is 2. The average molecular weight is 735 g/mol. The number of carbonyl (C=O) groups excluding carboxylic acids is 3. The van der Waals surface area contributed by atoms with Crippen molar-refractivity contribution in [3.63, 3.8) is 0 Å². The normalized spacial score (nSPS) is 21.0. The Morgan fingerprint density at radius 2 is 1.72 bits per heavy atom. The van der Waals surface area contributed by atoms with Crippen molar-refractivity contribution in [3.8, 4) is 11.3 Å². The second-order valence-corrected chi connectivity index (χ2v) is 15.5. The first kappa shape index (κ1) is 36.2. The molecule has 0 atom stereocenters. The lowest BCUT2D eigenvalue weighted by molar-refractivity contribution is -0.135. The molecule has 2 aromatic heterocycles. The van der Waals surface area contributed by atoms with Gasteiger partial charge in [0.1, 0.15) is 11.3 Å². The van der Waals surface area contributed by atoms with E-state index in [2.05, 4.69) is 32.6 Å². The van der Waals surface area contributed by atoms with E-state index in [-0.39, 0.29) is 29.5 Å². The number of nitrogens with zero attached hydrogens (tertiary/aromatic N) is 6. The molecule has 0 unspecified atom stereocenters. The van der Waals surface area contributed by atoms with Gasteiger partial charge in [0, 0.05) is 61.5 Å². The van der Waals surface area contributed by atoms with E-state index in [4.69, 9.17) is 9.97 Å². The third kappa shape index (κ3) is 6.12. The summed E-state index contributed by atoms with van der Waals surface area (Å²) in [5.74, 6) is -0.0444. The average Bonchev–Trinajstić information content (AvgIpc) is 3.69. The predicted octanol–water partition coefficient (Wildman–Crippen LogP) is 6.69. The van der Waals surface area contributed by atoms with Crippen LogP contribution in [0.15, 0.2) is 42.7 Å². The second kappa shape index (κ2) is 14.4. The Hall–Kier alpha value is -4.84. The molecule has 4 aromatic rings. The lowest BCUT2D eigenvalue weighted by atomic mass is 9.73. The number of aromatic nitrogens is 3. The van der Waals surface area contributed by atoms with Gasteiger partial charge in [-0.25, -0.2) is 14.4 Å². The summed E-state index contributed by atoms with van der Waals surface area (Å²) >= 11 is 0. The van der Waals surface area contributed by atoms with Crippen LogP contribution in [0.25, 0.3) is 22.3 Å². The van der Waals surface area contributed by atoms with Crippen LogP contribution in [0.1, 0.15) is 93.6 Å². The van der Waals surface area contributed by atoms with Gasteiger partial charge in [-0.1, -0.05) is 25.5 Å². The molecule has 4 aliphatic rings. The third-order valence-corrected chi connectivity index (χ3v) is 12.4. The van der Waals surface area contributed by atoms with E-state index < -0.39 is 11.2 Å². The van der Waals surface area contributed by atoms with Crippen molar-refractivity contribution in [2.75, 3.05) is 42.9 Å². The third-order valence-electron chi connectivity index (χ3n) is 12.4. The Morgan fingerprint density at radius 3 is 2.43 bits per heavy atom. The lowest BCUT2D eigenvalue weighted by Crippen LogP contribution is -2.58. The number of halogens is 1. The maximum Gasteiger partial charge on any atom is 0.251 e. The van der Waals surface area contributed by atoms with E-state index in [1.54, 1.807) is 13.3 Å². The first-order valence-corrected chi connectivity index (χ1v) is 19.9. The first-order valence-electron chi connectivity index (χ1n) is 19.9. The van der Waals surface area contributed by atoms with Crippen molar-refractivity contribution in [3.05, 3.63) is 65.2 Å². The van der Waals surface area contributed by atoms with E-state index in [9.17, 15) is 14.4 Å². The van der Waals surface area contributed by atoms with Gasteiger partial charge in [0.05, 0.1) is 28.6 Å². The second-order valence-electron chi connectivity index (χ2n) is 15.5. The van der Waals surface area contributed by atoms with Crippen molar-refractivity contribution < 1.29 is 18.8 Å². The molecule has 3 amide bonds. The molecule has 8 rings (SSSR count). The largest absolute Gasteiger partial charge is 0.352 e. The summed E-state index contributed by atoms with van der Waals surface area (Å²) in [5.41, 5.74) is 5.27. The zero-order valence-corrected chi connectivity index (χ0v) is 31.9. The highest BCUT2D eigenvalue weighted by Gasteiger charge is 2.55. The molecule has 5 heterocycles. The minimum Gasteiger partial charge on any atom is -0.352 e. The van der Waals surface area contributed by atoms with Gasteiger partial charge in [-0.2, -0.15) is 0 Å². The van der Waals surface area contributed by atoms with Gasteiger partial charge in [0.2, 0.25) is 11.8 Å². The SMILES string of the molecule is CCNC(=O)c1cc(Nc2nc(-c3ccc4c(c3)N([C@H]3C[C@@H](N5CCCCC5)C3)C(=O)C43CCN(C(=O)CC)CC3)cc3ncn(CC)c23)c(F)cc1C. The predicted molar refractivity (Wildman–Crippen MR) is 209 cm³/mol. The number of amides is 3. The van der Waals surface area contributed by atoms with Crippen molar-refractivity contribution in [2.24, 2.45) is 0 Å². The molecular formula is C42H51FN8O3. The summed E-state index contributed by atoms with van der Waals surface area (Å²) in [6, 6.07) is 11.7. The minimum atomic E-state index is -0.663. The molecule has 2 aromatic carbocycles. The number of likely N-dealkylation sites (tertiary alicyclic amines) is 2. The number of piperidine rings is 2. The standard InChI is InChI=1S/C42H51FN8O3/c1-5-37(52)50-17-13-42(14-18-50)31-12-11-27(20-36(31)51(41(42)54)29-21-28(22-29)49-15-9-8-10-16-49)33-24-35-38(48(7-3)25-45-35)39(46-33)47-34-23-30(40(53)44-6-2)26(4)19-32(34)43/h11-12,19-20,23-25,28-29H,5-10,13-18,21-22H2,1-4H3,(H,44,53)(H,46,47)/t28-,29+. The lowest BCUT2D eigenvalue weighted by Gasteiger charge is -2.48. The molecule has 0 radical (unpaired) electrons. The maximum absolute atomic E-state index is 15.5. The van der Waals surface area contributed by atoms with Crippen molar-refractivity contribution in [1.82, 2.24) is 29.7 Å². The van der Waals surface area contributed by atoms with E-state index in [1.165, 1.54) is 31.4 Å². The number of rotatable bonds is 9. The molecule has 1 saturated carbocycles. The Kier molecular flexibility index (Phi) is 9.66.